The van der Waals surface area contributed by atoms with Crippen molar-refractivity contribution < 1.29 is 14.7 Å². The molecule has 0 aliphatic carbocycles. The van der Waals surface area contributed by atoms with E-state index in [4.69, 9.17) is 9.47 Å². The minimum atomic E-state index is -0.267. The Morgan fingerprint density at radius 3 is 2.21 bits per heavy atom. The van der Waals surface area contributed by atoms with Crippen LogP contribution in [0, 0.1) is 10.8 Å². The molecule has 0 radical (unpaired) electrons. The van der Waals surface area contributed by atoms with Crippen molar-refractivity contribution in [3.8, 4) is 0 Å². The molecule has 1 N–H and O–H groups in total. The number of hydrogen-bond acceptors (Lipinski definition) is 4. The lowest BCUT2D eigenvalue weighted by molar-refractivity contribution is -0.176. The van der Waals surface area contributed by atoms with Crippen LogP contribution in [0.4, 0.5) is 0 Å². The molecule has 0 saturated carbocycles. The van der Waals surface area contributed by atoms with Gasteiger partial charge in [-0.2, -0.15) is 5.06 Å². The molecule has 0 aromatic rings. The highest BCUT2D eigenvalue weighted by Crippen LogP contribution is 2.36. The second-order valence-electron chi connectivity index (χ2n) is 10.5. The van der Waals surface area contributed by atoms with Crippen molar-refractivity contribution in [3.63, 3.8) is 0 Å². The number of hydrogen-bond donors (Lipinski definition) is 1. The van der Waals surface area contributed by atoms with E-state index in [-0.39, 0.29) is 34.7 Å². The van der Waals surface area contributed by atoms with E-state index in [1.165, 1.54) is 5.06 Å². The number of nitrogens with zero attached hydrogens (tertiary/aromatic N) is 1. The van der Waals surface area contributed by atoms with Crippen LogP contribution in [0.2, 0.25) is 0 Å². The van der Waals surface area contributed by atoms with Gasteiger partial charge in [-0.05, 0) is 57.8 Å². The lowest BCUT2D eigenvalue weighted by atomic mass is 9.86. The predicted octanol–water partition coefficient (Wildman–Crippen LogP) is 4.89. The van der Waals surface area contributed by atoms with Crippen molar-refractivity contribution in [3.05, 3.63) is 0 Å². The van der Waals surface area contributed by atoms with Gasteiger partial charge in [-0.25, -0.2) is 0 Å². The van der Waals surface area contributed by atoms with Crippen molar-refractivity contribution in [1.29, 1.82) is 0 Å². The molecule has 24 heavy (non-hydrogen) atoms. The Bertz CT molecular complexity index is 385. The van der Waals surface area contributed by atoms with E-state index < -0.39 is 0 Å². The summed E-state index contributed by atoms with van der Waals surface area (Å²) in [6, 6.07) is 0. The first kappa shape index (κ1) is 21.9. The monoisotopic (exact) mass is 343 g/mol. The summed E-state index contributed by atoms with van der Waals surface area (Å²) in [6.45, 7) is 20.8. The molecule has 1 rings (SSSR count). The second kappa shape index (κ2) is 8.03. The van der Waals surface area contributed by atoms with Crippen LogP contribution >= 0.6 is 0 Å². The third-order valence-electron chi connectivity index (χ3n) is 4.61. The predicted molar refractivity (Wildman–Crippen MR) is 99.4 cm³/mol. The molecule has 144 valence electrons. The van der Waals surface area contributed by atoms with E-state index in [0.717, 1.165) is 19.3 Å². The minimum absolute atomic E-state index is 0.0333. The zero-order valence-electron chi connectivity index (χ0n) is 17.5. The fourth-order valence-corrected chi connectivity index (χ4v) is 3.61. The van der Waals surface area contributed by atoms with Gasteiger partial charge in [-0.15, -0.1) is 0 Å². The van der Waals surface area contributed by atoms with Crippen molar-refractivity contribution in [2.24, 2.45) is 10.8 Å². The molecular formula is C20H41NO3. The molecule has 1 aliphatic rings. The molecule has 1 aliphatic heterocycles. The van der Waals surface area contributed by atoms with Gasteiger partial charge in [-0.1, -0.05) is 34.6 Å². The molecule has 1 fully saturated rings. The Hall–Kier alpha value is -0.160. The average molecular weight is 344 g/mol. The van der Waals surface area contributed by atoms with E-state index in [1.54, 1.807) is 0 Å². The number of ether oxygens (including phenoxy) is 2. The van der Waals surface area contributed by atoms with E-state index in [1.807, 2.05) is 0 Å². The normalized spacial score (nSPS) is 26.4. The van der Waals surface area contributed by atoms with Crippen LogP contribution < -0.4 is 0 Å². The van der Waals surface area contributed by atoms with Gasteiger partial charge in [0.1, 0.15) is 0 Å². The van der Waals surface area contributed by atoms with Crippen molar-refractivity contribution in [2.45, 2.75) is 105 Å². The topological polar surface area (TPSA) is 41.9 Å². The van der Waals surface area contributed by atoms with Crippen molar-refractivity contribution in [2.75, 3.05) is 13.2 Å². The first-order chi connectivity index (χ1) is 10.7. The summed E-state index contributed by atoms with van der Waals surface area (Å²) in [5.41, 5.74) is -0.0186. The quantitative estimate of drug-likeness (QED) is 0.745. The summed E-state index contributed by atoms with van der Waals surface area (Å²) in [4.78, 5) is 0. The third kappa shape index (κ3) is 7.81. The molecule has 2 atom stereocenters. The molecule has 4 nitrogen and oxygen atoms in total. The minimum Gasteiger partial charge on any atom is -0.375 e. The zero-order valence-corrected chi connectivity index (χ0v) is 17.5. The molecule has 0 aromatic heterocycles. The van der Waals surface area contributed by atoms with Gasteiger partial charge in [0.25, 0.3) is 0 Å². The Morgan fingerprint density at radius 1 is 1.12 bits per heavy atom. The SMILES string of the molecule is CC(C)OC(COC1CC(C)(C)CN(O)C(C)(C)C1)CC(C)(C)C. The van der Waals surface area contributed by atoms with Crippen molar-refractivity contribution >= 4 is 0 Å². The van der Waals surface area contributed by atoms with Gasteiger partial charge in [0.05, 0.1) is 24.9 Å². The maximum absolute atomic E-state index is 10.4. The first-order valence-electron chi connectivity index (χ1n) is 9.44. The Morgan fingerprint density at radius 2 is 1.71 bits per heavy atom. The maximum atomic E-state index is 10.4. The van der Waals surface area contributed by atoms with Gasteiger partial charge in [0.15, 0.2) is 0 Å². The molecule has 1 saturated heterocycles. The summed E-state index contributed by atoms with van der Waals surface area (Å²) in [7, 11) is 0. The van der Waals surface area contributed by atoms with Crippen LogP contribution in [0.1, 0.15) is 81.6 Å². The number of rotatable bonds is 6. The second-order valence-corrected chi connectivity index (χ2v) is 10.5. The van der Waals surface area contributed by atoms with Crippen LogP contribution in [0.25, 0.3) is 0 Å². The van der Waals surface area contributed by atoms with Crippen LogP contribution in [-0.4, -0.2) is 47.3 Å². The molecule has 2 unspecified atom stereocenters. The zero-order chi connectivity index (χ0) is 18.8. The van der Waals surface area contributed by atoms with E-state index in [2.05, 4.69) is 62.3 Å². The molecule has 1 heterocycles. The lowest BCUT2D eigenvalue weighted by Crippen LogP contribution is -2.44. The van der Waals surface area contributed by atoms with Gasteiger partial charge in [0.2, 0.25) is 0 Å². The fourth-order valence-electron chi connectivity index (χ4n) is 3.61. The molecule has 0 bridgehead atoms. The summed E-state index contributed by atoms with van der Waals surface area (Å²) in [5, 5.41) is 11.9. The first-order valence-corrected chi connectivity index (χ1v) is 9.44. The van der Waals surface area contributed by atoms with Crippen LogP contribution in [-0.2, 0) is 9.47 Å². The van der Waals surface area contributed by atoms with Gasteiger partial charge in [-0.3, -0.25) is 0 Å². The van der Waals surface area contributed by atoms with E-state index >= 15 is 0 Å². The standard InChI is InChI=1S/C20H41NO3/c1-15(2)24-17(10-18(3,4)5)13-23-16-11-19(6,7)14-21(22)20(8,9)12-16/h15-17,22H,10-14H2,1-9H3. The summed E-state index contributed by atoms with van der Waals surface area (Å²) in [5.74, 6) is 0. The van der Waals surface area contributed by atoms with Crippen LogP contribution in [0.5, 0.6) is 0 Å². The maximum Gasteiger partial charge on any atom is 0.0817 e. The van der Waals surface area contributed by atoms with Gasteiger partial charge in [0, 0.05) is 12.1 Å². The van der Waals surface area contributed by atoms with Crippen LogP contribution in [0.3, 0.4) is 0 Å². The van der Waals surface area contributed by atoms with E-state index in [9.17, 15) is 5.21 Å². The highest BCUT2D eigenvalue weighted by Gasteiger charge is 2.40. The molecule has 0 amide bonds. The van der Waals surface area contributed by atoms with E-state index in [0.29, 0.717) is 13.2 Å². The molecular weight excluding hydrogens is 302 g/mol. The van der Waals surface area contributed by atoms with Crippen molar-refractivity contribution in [1.82, 2.24) is 5.06 Å². The van der Waals surface area contributed by atoms with Gasteiger partial charge < -0.3 is 14.7 Å². The third-order valence-corrected chi connectivity index (χ3v) is 4.61. The Balaban J connectivity index is 2.73. The number of hydroxylamine groups is 2. The smallest absolute Gasteiger partial charge is 0.0817 e. The summed E-state index contributed by atoms with van der Waals surface area (Å²) >= 11 is 0. The highest BCUT2D eigenvalue weighted by atomic mass is 16.5. The average Bonchev–Trinajstić information content (AvgIpc) is 2.38. The molecule has 4 heteroatoms. The van der Waals surface area contributed by atoms with Gasteiger partial charge >= 0.3 is 0 Å². The summed E-state index contributed by atoms with van der Waals surface area (Å²) in [6.07, 6.45) is 3.23. The summed E-state index contributed by atoms with van der Waals surface area (Å²) < 4.78 is 12.4. The fraction of sp³-hybridized carbons (Fsp3) is 1.00. The Kier molecular flexibility index (Phi) is 7.32. The lowest BCUT2D eigenvalue weighted by Gasteiger charge is -2.34. The van der Waals surface area contributed by atoms with Crippen LogP contribution in [0.15, 0.2) is 0 Å². The molecule has 0 aromatic carbocycles. The molecule has 0 spiro atoms. The highest BCUT2D eigenvalue weighted by molar-refractivity contribution is 4.90. The Labute approximate surface area is 149 Å². The largest absolute Gasteiger partial charge is 0.375 e.